The Bertz CT molecular complexity index is 516. The first-order chi connectivity index (χ1) is 9.67. The van der Waals surface area contributed by atoms with E-state index in [0.29, 0.717) is 11.8 Å². The fourth-order valence-electron chi connectivity index (χ4n) is 2.83. The van der Waals surface area contributed by atoms with Crippen molar-refractivity contribution < 1.29 is 9.66 Å². The maximum absolute atomic E-state index is 11.0. The van der Waals surface area contributed by atoms with E-state index in [4.69, 9.17) is 4.74 Å². The van der Waals surface area contributed by atoms with Gasteiger partial charge in [-0.25, -0.2) is 0 Å². The molecule has 2 aliphatic rings. The maximum Gasteiger partial charge on any atom is 0.312 e. The minimum atomic E-state index is -0.408. The van der Waals surface area contributed by atoms with Gasteiger partial charge in [0.05, 0.1) is 12.0 Å². The minimum absolute atomic E-state index is 0.00884. The maximum atomic E-state index is 11.0. The second kappa shape index (κ2) is 5.28. The molecule has 1 saturated heterocycles. The van der Waals surface area contributed by atoms with Crippen LogP contribution in [0.1, 0.15) is 19.3 Å². The Morgan fingerprint density at radius 3 is 2.85 bits per heavy atom. The zero-order valence-corrected chi connectivity index (χ0v) is 11.5. The zero-order chi connectivity index (χ0) is 14.1. The Balaban J connectivity index is 1.68. The number of nitrogens with one attached hydrogen (secondary N) is 1. The lowest BCUT2D eigenvalue weighted by Crippen LogP contribution is -2.27. The fraction of sp³-hybridized carbons (Fsp3) is 0.571. The van der Waals surface area contributed by atoms with Crippen LogP contribution in [0.4, 0.5) is 11.4 Å². The number of ether oxygens (including phenoxy) is 1. The van der Waals surface area contributed by atoms with Crippen LogP contribution < -0.4 is 10.1 Å². The van der Waals surface area contributed by atoms with Crippen molar-refractivity contribution in [2.45, 2.75) is 31.3 Å². The summed E-state index contributed by atoms with van der Waals surface area (Å²) in [6, 6.07) is 6.20. The van der Waals surface area contributed by atoms with E-state index in [1.807, 2.05) is 6.07 Å². The largest absolute Gasteiger partial charge is 0.490 e. The van der Waals surface area contributed by atoms with Gasteiger partial charge in [0.15, 0.2) is 5.75 Å². The van der Waals surface area contributed by atoms with Gasteiger partial charge in [0.2, 0.25) is 0 Å². The van der Waals surface area contributed by atoms with Crippen LogP contribution in [0.5, 0.6) is 5.75 Å². The molecule has 20 heavy (non-hydrogen) atoms. The first-order valence-electron chi connectivity index (χ1n) is 7.00. The summed E-state index contributed by atoms with van der Waals surface area (Å²) in [4.78, 5) is 13.1. The van der Waals surface area contributed by atoms with Crippen LogP contribution in [-0.2, 0) is 0 Å². The summed E-state index contributed by atoms with van der Waals surface area (Å²) in [6.45, 7) is 2.16. The highest BCUT2D eigenvalue weighted by Crippen LogP contribution is 2.32. The molecule has 0 amide bonds. The molecule has 2 fully saturated rings. The van der Waals surface area contributed by atoms with Crippen LogP contribution in [0.2, 0.25) is 0 Å². The number of hydrogen-bond donors (Lipinski definition) is 1. The number of methoxy groups -OCH3 is 1. The van der Waals surface area contributed by atoms with E-state index in [1.54, 1.807) is 12.1 Å². The lowest BCUT2D eigenvalue weighted by Gasteiger charge is -2.16. The summed E-state index contributed by atoms with van der Waals surface area (Å²) in [6.07, 6.45) is 3.73. The van der Waals surface area contributed by atoms with Gasteiger partial charge in [-0.05, 0) is 31.4 Å². The highest BCUT2D eigenvalue weighted by molar-refractivity contribution is 5.58. The molecule has 0 spiro atoms. The van der Waals surface area contributed by atoms with Crippen LogP contribution in [0.25, 0.3) is 0 Å². The number of rotatable bonds is 5. The molecule has 1 N–H and O–H groups in total. The normalized spacial score (nSPS) is 22.8. The SMILES string of the molecule is COc1ccc(NC2CCN(C3CC3)C2)cc1[N+](=O)[O-]. The number of hydrogen-bond acceptors (Lipinski definition) is 5. The van der Waals surface area contributed by atoms with Crippen molar-refractivity contribution >= 4 is 11.4 Å². The van der Waals surface area contributed by atoms with Crippen LogP contribution in [-0.4, -0.2) is 42.1 Å². The summed E-state index contributed by atoms with van der Waals surface area (Å²) in [5, 5.41) is 14.4. The van der Waals surface area contributed by atoms with Gasteiger partial charge in [-0.2, -0.15) is 0 Å². The molecule has 1 aromatic carbocycles. The third-order valence-electron chi connectivity index (χ3n) is 4.03. The molecule has 1 saturated carbocycles. The smallest absolute Gasteiger partial charge is 0.312 e. The lowest BCUT2D eigenvalue weighted by atomic mass is 10.2. The number of likely N-dealkylation sites (tertiary alicyclic amines) is 1. The molecule has 0 bridgehead atoms. The van der Waals surface area contributed by atoms with Gasteiger partial charge in [0.25, 0.3) is 0 Å². The van der Waals surface area contributed by atoms with Crippen molar-refractivity contribution in [2.24, 2.45) is 0 Å². The molecule has 3 rings (SSSR count). The van der Waals surface area contributed by atoms with E-state index >= 15 is 0 Å². The Morgan fingerprint density at radius 2 is 2.20 bits per heavy atom. The zero-order valence-electron chi connectivity index (χ0n) is 11.5. The molecule has 6 nitrogen and oxygen atoms in total. The molecule has 1 aliphatic carbocycles. The van der Waals surface area contributed by atoms with E-state index in [1.165, 1.54) is 20.0 Å². The standard InChI is InChI=1S/C14H19N3O3/c1-20-14-5-2-10(8-13(14)17(18)19)15-11-6-7-16(9-11)12-3-4-12/h2,5,8,11-12,15H,3-4,6-7,9H2,1H3. The van der Waals surface area contributed by atoms with E-state index in [0.717, 1.165) is 31.2 Å². The Labute approximate surface area is 117 Å². The van der Waals surface area contributed by atoms with Crippen molar-refractivity contribution in [3.63, 3.8) is 0 Å². The molecule has 0 radical (unpaired) electrons. The van der Waals surface area contributed by atoms with Gasteiger partial charge >= 0.3 is 5.69 Å². The summed E-state index contributed by atoms with van der Waals surface area (Å²) < 4.78 is 5.01. The van der Waals surface area contributed by atoms with Crippen LogP contribution in [0, 0.1) is 10.1 Å². The second-order valence-electron chi connectivity index (χ2n) is 5.50. The molecule has 1 aliphatic heterocycles. The van der Waals surface area contributed by atoms with E-state index in [-0.39, 0.29) is 5.69 Å². The predicted octanol–water partition coefficient (Wildman–Crippen LogP) is 2.25. The molecule has 1 aromatic rings. The van der Waals surface area contributed by atoms with Crippen LogP contribution in [0.15, 0.2) is 18.2 Å². The molecule has 1 atom stereocenters. The van der Waals surface area contributed by atoms with E-state index < -0.39 is 4.92 Å². The average Bonchev–Trinajstić information content (AvgIpc) is 3.19. The number of nitrogens with zero attached hydrogens (tertiary/aromatic N) is 2. The van der Waals surface area contributed by atoms with Crippen molar-refractivity contribution in [2.75, 3.05) is 25.5 Å². The first-order valence-corrected chi connectivity index (χ1v) is 7.00. The Hall–Kier alpha value is -1.82. The van der Waals surface area contributed by atoms with Gasteiger partial charge in [-0.3, -0.25) is 15.0 Å². The number of nitro groups is 1. The molecule has 0 aromatic heterocycles. The monoisotopic (exact) mass is 277 g/mol. The number of nitro benzene ring substituents is 1. The lowest BCUT2D eigenvalue weighted by molar-refractivity contribution is -0.385. The average molecular weight is 277 g/mol. The third kappa shape index (κ3) is 2.70. The van der Waals surface area contributed by atoms with Gasteiger partial charge in [0, 0.05) is 36.9 Å². The summed E-state index contributed by atoms with van der Waals surface area (Å²) >= 11 is 0. The highest BCUT2D eigenvalue weighted by atomic mass is 16.6. The van der Waals surface area contributed by atoms with Crippen LogP contribution in [0.3, 0.4) is 0 Å². The summed E-state index contributed by atoms with van der Waals surface area (Å²) in [5.74, 6) is 0.298. The second-order valence-corrected chi connectivity index (χ2v) is 5.50. The van der Waals surface area contributed by atoms with Gasteiger partial charge in [-0.15, -0.1) is 0 Å². The van der Waals surface area contributed by atoms with E-state index in [9.17, 15) is 10.1 Å². The molecule has 1 unspecified atom stereocenters. The quantitative estimate of drug-likeness (QED) is 0.660. The molecule has 6 heteroatoms. The van der Waals surface area contributed by atoms with Gasteiger partial charge < -0.3 is 10.1 Å². The van der Waals surface area contributed by atoms with Crippen molar-refractivity contribution in [1.82, 2.24) is 4.90 Å². The Kier molecular flexibility index (Phi) is 3.48. The predicted molar refractivity (Wildman–Crippen MR) is 76.3 cm³/mol. The van der Waals surface area contributed by atoms with Crippen molar-refractivity contribution in [1.29, 1.82) is 0 Å². The molecular weight excluding hydrogens is 258 g/mol. The summed E-state index contributed by atoms with van der Waals surface area (Å²) in [5.41, 5.74) is 0.801. The first kappa shape index (κ1) is 13.2. The number of anilines is 1. The fourth-order valence-corrected chi connectivity index (χ4v) is 2.83. The van der Waals surface area contributed by atoms with E-state index in [2.05, 4.69) is 10.2 Å². The van der Waals surface area contributed by atoms with Crippen LogP contribution >= 0.6 is 0 Å². The third-order valence-corrected chi connectivity index (χ3v) is 4.03. The topological polar surface area (TPSA) is 67.6 Å². The minimum Gasteiger partial charge on any atom is -0.490 e. The number of benzene rings is 1. The van der Waals surface area contributed by atoms with Gasteiger partial charge in [-0.1, -0.05) is 0 Å². The molecule has 108 valence electrons. The van der Waals surface area contributed by atoms with Crippen molar-refractivity contribution in [3.05, 3.63) is 28.3 Å². The molecular formula is C14H19N3O3. The molecule has 1 heterocycles. The van der Waals surface area contributed by atoms with Crippen molar-refractivity contribution in [3.8, 4) is 5.75 Å². The Morgan fingerprint density at radius 1 is 1.40 bits per heavy atom. The highest BCUT2D eigenvalue weighted by Gasteiger charge is 2.34. The van der Waals surface area contributed by atoms with Gasteiger partial charge in [0.1, 0.15) is 0 Å². The summed E-state index contributed by atoms with van der Waals surface area (Å²) in [7, 11) is 1.44.